The molecule has 5 nitrogen and oxygen atoms in total. The van der Waals surface area contributed by atoms with Crippen LogP contribution >= 0.6 is 0 Å². The zero-order valence-corrected chi connectivity index (χ0v) is 13.1. The van der Waals surface area contributed by atoms with Crippen molar-refractivity contribution < 1.29 is 9.59 Å². The van der Waals surface area contributed by atoms with Crippen LogP contribution in [0.5, 0.6) is 0 Å². The lowest BCUT2D eigenvalue weighted by atomic mass is 9.95. The van der Waals surface area contributed by atoms with Crippen LogP contribution in [0.1, 0.15) is 51.4 Å². The first kappa shape index (κ1) is 14.8. The predicted octanol–water partition coefficient (Wildman–Crippen LogP) is 1.13. The van der Waals surface area contributed by atoms with Gasteiger partial charge in [-0.15, -0.1) is 0 Å². The number of hydrogen-bond acceptors (Lipinski definition) is 3. The Hall–Kier alpha value is -1.10. The van der Waals surface area contributed by atoms with E-state index < -0.39 is 5.54 Å². The molecule has 0 aromatic rings. The van der Waals surface area contributed by atoms with Crippen molar-refractivity contribution in [3.8, 4) is 0 Å². The number of nitrogens with zero attached hydrogens (tertiary/aromatic N) is 2. The van der Waals surface area contributed by atoms with E-state index in [1.807, 2.05) is 4.90 Å². The lowest BCUT2D eigenvalue weighted by Crippen LogP contribution is -2.57. The molecule has 3 aliphatic rings. The fraction of sp³-hybridized carbons (Fsp3) is 0.875. The highest BCUT2D eigenvalue weighted by Crippen LogP contribution is 2.33. The van der Waals surface area contributed by atoms with Crippen molar-refractivity contribution >= 4 is 11.8 Å². The Labute approximate surface area is 127 Å². The van der Waals surface area contributed by atoms with Crippen molar-refractivity contribution in [3.05, 3.63) is 0 Å². The van der Waals surface area contributed by atoms with Gasteiger partial charge in [0.05, 0.1) is 0 Å². The summed E-state index contributed by atoms with van der Waals surface area (Å²) in [5.74, 6) is 0.217. The third-order valence-corrected chi connectivity index (χ3v) is 5.49. The Balaban J connectivity index is 1.74. The number of carbonyl (C=O) groups is 2. The molecule has 0 radical (unpaired) electrons. The van der Waals surface area contributed by atoms with Crippen molar-refractivity contribution in [2.45, 2.75) is 62.9 Å². The van der Waals surface area contributed by atoms with E-state index in [0.717, 1.165) is 45.2 Å². The maximum absolute atomic E-state index is 13.0. The Bertz CT molecular complexity index is 418. The second kappa shape index (κ2) is 5.95. The van der Waals surface area contributed by atoms with Gasteiger partial charge in [-0.1, -0.05) is 19.3 Å². The van der Waals surface area contributed by atoms with Gasteiger partial charge in [-0.05, 0) is 39.3 Å². The van der Waals surface area contributed by atoms with Crippen molar-refractivity contribution in [1.82, 2.24) is 15.1 Å². The maximum Gasteiger partial charge on any atom is 0.248 e. The smallest absolute Gasteiger partial charge is 0.248 e. The van der Waals surface area contributed by atoms with Crippen LogP contribution < -0.4 is 5.32 Å². The van der Waals surface area contributed by atoms with Gasteiger partial charge in [0.2, 0.25) is 11.8 Å². The minimum Gasteiger partial charge on any atom is -0.342 e. The molecule has 0 bridgehead atoms. The summed E-state index contributed by atoms with van der Waals surface area (Å²) >= 11 is 0. The average Bonchev–Trinajstić information content (AvgIpc) is 2.90. The van der Waals surface area contributed by atoms with E-state index in [4.69, 9.17) is 0 Å². The summed E-state index contributed by atoms with van der Waals surface area (Å²) in [6, 6.07) is 0.453. The Morgan fingerprint density at radius 3 is 2.62 bits per heavy atom. The highest BCUT2D eigenvalue weighted by atomic mass is 16.2. The molecule has 3 fully saturated rings. The molecule has 2 saturated heterocycles. The predicted molar refractivity (Wildman–Crippen MR) is 80.8 cm³/mol. The fourth-order valence-corrected chi connectivity index (χ4v) is 4.14. The van der Waals surface area contributed by atoms with Gasteiger partial charge in [-0.25, -0.2) is 0 Å². The number of nitrogens with one attached hydrogen (secondary N) is 1. The molecule has 1 atom stereocenters. The van der Waals surface area contributed by atoms with Gasteiger partial charge >= 0.3 is 0 Å². The molecule has 1 saturated carbocycles. The highest BCUT2D eigenvalue weighted by molar-refractivity contribution is 5.93. The Kier molecular flexibility index (Phi) is 4.20. The minimum absolute atomic E-state index is 0.0461. The lowest BCUT2D eigenvalue weighted by molar-refractivity contribution is -0.139. The number of rotatable bonds is 2. The Morgan fingerprint density at radius 2 is 1.90 bits per heavy atom. The first-order valence-corrected chi connectivity index (χ1v) is 8.41. The molecule has 2 aliphatic heterocycles. The van der Waals surface area contributed by atoms with Crippen LogP contribution in [0.15, 0.2) is 0 Å². The summed E-state index contributed by atoms with van der Waals surface area (Å²) in [7, 11) is 2.15. The SMILES string of the molecule is CN1CCCCC1CN1CCC(=O)NC2(CCCC2)C1=O. The molecular weight excluding hydrogens is 266 g/mol. The lowest BCUT2D eigenvalue weighted by Gasteiger charge is -2.38. The minimum atomic E-state index is -0.583. The summed E-state index contributed by atoms with van der Waals surface area (Å²) < 4.78 is 0. The molecule has 1 N–H and O–H groups in total. The molecule has 1 aliphatic carbocycles. The zero-order valence-electron chi connectivity index (χ0n) is 13.1. The fourth-order valence-electron chi connectivity index (χ4n) is 4.14. The van der Waals surface area contributed by atoms with E-state index in [9.17, 15) is 9.59 Å². The third-order valence-electron chi connectivity index (χ3n) is 5.49. The number of hydrogen-bond donors (Lipinski definition) is 1. The van der Waals surface area contributed by atoms with Crippen LogP contribution in [0.3, 0.4) is 0 Å². The normalized spacial score (nSPS) is 30.5. The van der Waals surface area contributed by atoms with Gasteiger partial charge in [0.15, 0.2) is 0 Å². The molecule has 1 spiro atoms. The third kappa shape index (κ3) is 2.93. The van der Waals surface area contributed by atoms with E-state index in [1.165, 1.54) is 12.8 Å². The molecule has 1 unspecified atom stereocenters. The Morgan fingerprint density at radius 1 is 1.14 bits per heavy atom. The summed E-state index contributed by atoms with van der Waals surface area (Å²) in [5, 5.41) is 3.04. The standard InChI is InChI=1S/C16H27N3O2/c1-18-10-5-2-6-13(18)12-19-11-7-14(20)17-16(15(19)21)8-3-4-9-16/h13H,2-12H2,1H3,(H,17,20). The van der Waals surface area contributed by atoms with E-state index in [2.05, 4.69) is 17.3 Å². The highest BCUT2D eigenvalue weighted by Gasteiger charge is 2.46. The number of likely N-dealkylation sites (tertiary alicyclic amines) is 1. The first-order valence-electron chi connectivity index (χ1n) is 8.41. The molecule has 0 aromatic heterocycles. The first-order chi connectivity index (χ1) is 10.1. The van der Waals surface area contributed by atoms with Crippen molar-refractivity contribution in [2.75, 3.05) is 26.7 Å². The zero-order chi connectivity index (χ0) is 14.9. The van der Waals surface area contributed by atoms with Crippen LogP contribution in [-0.2, 0) is 9.59 Å². The van der Waals surface area contributed by atoms with E-state index in [1.54, 1.807) is 0 Å². The summed E-state index contributed by atoms with van der Waals surface area (Å²) in [6.07, 6.45) is 7.83. The van der Waals surface area contributed by atoms with Crippen LogP contribution in [0.2, 0.25) is 0 Å². The summed E-state index contributed by atoms with van der Waals surface area (Å²) in [4.78, 5) is 29.3. The van der Waals surface area contributed by atoms with Gasteiger partial charge < -0.3 is 15.1 Å². The second-order valence-corrected chi connectivity index (χ2v) is 6.97. The largest absolute Gasteiger partial charge is 0.342 e. The van der Waals surface area contributed by atoms with E-state index in [-0.39, 0.29) is 11.8 Å². The number of piperidine rings is 1. The molecule has 0 aromatic carbocycles. The van der Waals surface area contributed by atoms with Crippen molar-refractivity contribution in [3.63, 3.8) is 0 Å². The van der Waals surface area contributed by atoms with Gasteiger partial charge in [0, 0.05) is 25.6 Å². The van der Waals surface area contributed by atoms with Gasteiger partial charge in [0.1, 0.15) is 5.54 Å². The number of carbonyl (C=O) groups excluding carboxylic acids is 2. The van der Waals surface area contributed by atoms with Crippen molar-refractivity contribution in [2.24, 2.45) is 0 Å². The topological polar surface area (TPSA) is 52.6 Å². The van der Waals surface area contributed by atoms with Crippen LogP contribution in [0.25, 0.3) is 0 Å². The molecule has 3 rings (SSSR count). The average molecular weight is 293 g/mol. The summed E-state index contributed by atoms with van der Waals surface area (Å²) in [5.41, 5.74) is -0.583. The molecule has 21 heavy (non-hydrogen) atoms. The molecule has 2 amide bonds. The molecule has 5 heteroatoms. The van der Waals surface area contributed by atoms with Crippen LogP contribution in [0, 0.1) is 0 Å². The van der Waals surface area contributed by atoms with Gasteiger partial charge in [0.25, 0.3) is 0 Å². The van der Waals surface area contributed by atoms with E-state index in [0.29, 0.717) is 19.0 Å². The molecule has 2 heterocycles. The molecule has 118 valence electrons. The summed E-state index contributed by atoms with van der Waals surface area (Å²) in [6.45, 7) is 2.48. The van der Waals surface area contributed by atoms with Crippen LogP contribution in [-0.4, -0.2) is 59.9 Å². The van der Waals surface area contributed by atoms with Gasteiger partial charge in [-0.2, -0.15) is 0 Å². The van der Waals surface area contributed by atoms with Crippen LogP contribution in [0.4, 0.5) is 0 Å². The van der Waals surface area contributed by atoms with E-state index >= 15 is 0 Å². The number of likely N-dealkylation sites (N-methyl/N-ethyl adjacent to an activating group) is 1. The quantitative estimate of drug-likeness (QED) is 0.830. The monoisotopic (exact) mass is 293 g/mol. The van der Waals surface area contributed by atoms with Gasteiger partial charge in [-0.3, -0.25) is 9.59 Å². The van der Waals surface area contributed by atoms with Crippen molar-refractivity contribution in [1.29, 1.82) is 0 Å². The molecular formula is C16H27N3O2. The second-order valence-electron chi connectivity index (χ2n) is 6.97. The number of amides is 2. The maximum atomic E-state index is 13.0.